The summed E-state index contributed by atoms with van der Waals surface area (Å²) < 4.78 is 117. The minimum atomic E-state index is -0.349. The number of nitrogens with zero attached hydrogens (tertiary/aromatic N) is 6. The van der Waals surface area contributed by atoms with Crippen LogP contribution in [-0.2, 0) is 61.3 Å². The average Bonchev–Trinajstić information content (AvgIpc) is 1.69. The van der Waals surface area contributed by atoms with Gasteiger partial charge in [-0.3, -0.25) is 19.2 Å². The molecule has 0 amide bonds. The predicted molar refractivity (Wildman–Crippen MR) is 494 cm³/mol. The number of Topliss-reactive ketones (excluding diaryl/α,β-unsaturated/α-hetero) is 2. The lowest BCUT2D eigenvalue weighted by Crippen LogP contribution is -3.00. The fourth-order valence-corrected chi connectivity index (χ4v) is 21.5. The lowest BCUT2D eigenvalue weighted by molar-refractivity contribution is -0.688. The molecule has 2 atom stereocenters. The lowest BCUT2D eigenvalue weighted by Gasteiger charge is -2.43. The summed E-state index contributed by atoms with van der Waals surface area (Å²) in [4.78, 5) is 55.7. The number of methoxy groups -OCH3 is 2. The van der Waals surface area contributed by atoms with Crippen LogP contribution in [0.5, 0.6) is 115 Å². The largest absolute Gasteiger partial charge is 1.00 e. The van der Waals surface area contributed by atoms with Gasteiger partial charge in [0.2, 0.25) is 72.5 Å². The second-order valence-corrected chi connectivity index (χ2v) is 35.1. The number of benzene rings is 10. The van der Waals surface area contributed by atoms with Crippen LogP contribution in [0.4, 0.5) is 0 Å². The fraction of sp³-hybridized carbons (Fsp3) is 0.264. The maximum absolute atomic E-state index is 13.1. The van der Waals surface area contributed by atoms with Crippen molar-refractivity contribution in [3.05, 3.63) is 233 Å². The number of hydrogen-bond donors (Lipinski definition) is 0. The van der Waals surface area contributed by atoms with Gasteiger partial charge in [-0.05, 0) is 223 Å². The molecule has 16 aliphatic heterocycles. The smallest absolute Gasteiger partial charge is 0.262 e. The van der Waals surface area contributed by atoms with E-state index in [-0.39, 0.29) is 108 Å². The van der Waals surface area contributed by atoms with E-state index in [0.29, 0.717) is 89.1 Å². The molecule has 0 radical (unpaired) electrons. The number of hydrogen-bond acceptors (Lipinski definition) is 27. The van der Waals surface area contributed by atoms with Crippen LogP contribution < -0.4 is 123 Å². The van der Waals surface area contributed by atoms with E-state index in [9.17, 15) is 24.4 Å². The number of pyridine rings is 3. The molecular formula is C106H85ClN6O24. The minimum Gasteiger partial charge on any atom is -1.00 e. The van der Waals surface area contributed by atoms with Gasteiger partial charge in [-0.1, -0.05) is 25.6 Å². The van der Waals surface area contributed by atoms with E-state index in [0.717, 1.165) is 231 Å². The Balaban J connectivity index is 0.0000000935. The van der Waals surface area contributed by atoms with Gasteiger partial charge in [0.1, 0.15) is 17.2 Å². The topological polar surface area (TPSA) is 297 Å². The van der Waals surface area contributed by atoms with Gasteiger partial charge in [0, 0.05) is 101 Å². The van der Waals surface area contributed by atoms with Crippen LogP contribution in [0.15, 0.2) is 150 Å². The SMILES string of the molecule is C=C(C(=O)CC)c1c2c(OC)c(OC)ccc2c(C)c2[n+]1CCc1cc3c(cc1-2)OCO3.CC(=O)CC1c2c(ccc3c2OCO3)C=C2c3cc4c(cc3CCN21)OCO4.N#CC1c2cc3c(cc2C=C2c4cc5c(cc4CCN21)OCO5)OCO3.O=c1c2c3c(ccc2cc2n1CCc1cc4c(cc1-2)OCO4)OCO3.O=c1c2cc3c(cc2cc2n1CCc1cc4c(cc1-2)OCO4)OCO3.[Cl-]. The first kappa shape index (κ1) is 84.0. The first-order valence-corrected chi connectivity index (χ1v) is 45.2. The predicted octanol–water partition coefficient (Wildman–Crippen LogP) is 13.4. The molecule has 0 N–H and O–H groups in total. The molecule has 0 aliphatic carbocycles. The molecule has 19 heterocycles. The zero-order chi connectivity index (χ0) is 91.7. The molecule has 690 valence electrons. The third-order valence-corrected chi connectivity index (χ3v) is 28.0. The van der Waals surface area contributed by atoms with Gasteiger partial charge in [-0.25, -0.2) is 0 Å². The number of carbonyl (C=O) groups is 2. The number of aromatic nitrogens is 3. The Hall–Kier alpha value is -16.0. The second kappa shape index (κ2) is 33.0. The number of rotatable bonds is 7. The van der Waals surface area contributed by atoms with E-state index in [1.165, 1.54) is 27.8 Å². The molecule has 13 aromatic rings. The van der Waals surface area contributed by atoms with E-state index in [1.807, 2.05) is 107 Å². The molecule has 0 spiro atoms. The molecule has 30 nitrogen and oxygen atoms in total. The molecule has 16 aliphatic rings. The Morgan fingerprint density at radius 3 is 1.47 bits per heavy atom. The van der Waals surface area contributed by atoms with Gasteiger partial charge < -0.3 is 126 Å². The molecule has 0 saturated heterocycles. The van der Waals surface area contributed by atoms with E-state index in [4.69, 9.17) is 94.7 Å². The highest BCUT2D eigenvalue weighted by atomic mass is 35.5. The summed E-state index contributed by atoms with van der Waals surface area (Å²) in [5.41, 5.74) is 22.8. The first-order chi connectivity index (χ1) is 66.6. The highest BCUT2D eigenvalue weighted by Gasteiger charge is 2.43. The molecule has 10 aromatic carbocycles. The molecule has 31 heteroatoms. The Morgan fingerprint density at radius 2 is 0.905 bits per heavy atom. The van der Waals surface area contributed by atoms with Crippen LogP contribution in [0, 0.1) is 18.3 Å². The second-order valence-electron chi connectivity index (χ2n) is 35.1. The van der Waals surface area contributed by atoms with Crippen LogP contribution in [0.2, 0.25) is 0 Å². The van der Waals surface area contributed by atoms with Crippen molar-refractivity contribution in [2.45, 2.75) is 97.4 Å². The summed E-state index contributed by atoms with van der Waals surface area (Å²) in [6, 6.07) is 45.8. The first-order valence-electron chi connectivity index (χ1n) is 45.2. The summed E-state index contributed by atoms with van der Waals surface area (Å²) in [7, 11) is 3.24. The van der Waals surface area contributed by atoms with Crippen molar-refractivity contribution in [3.63, 3.8) is 0 Å². The fourth-order valence-electron chi connectivity index (χ4n) is 21.5. The number of aryl methyl sites for hydroxylation is 4. The van der Waals surface area contributed by atoms with Crippen LogP contribution in [0.25, 0.3) is 95.2 Å². The summed E-state index contributed by atoms with van der Waals surface area (Å²) in [5, 5.41) is 14.7. The molecule has 2 unspecified atom stereocenters. The number of ether oxygens (including phenoxy) is 20. The van der Waals surface area contributed by atoms with Gasteiger partial charge in [-0.15, -0.1) is 0 Å². The molecule has 29 rings (SSSR count). The van der Waals surface area contributed by atoms with Crippen LogP contribution in [0.1, 0.15) is 111 Å². The molecule has 3 aromatic heterocycles. The number of fused-ring (bicyclic) bond motifs is 31. The number of halogens is 1. The Labute approximate surface area is 788 Å². The van der Waals surface area contributed by atoms with E-state index < -0.39 is 0 Å². The molecule has 0 fully saturated rings. The van der Waals surface area contributed by atoms with E-state index in [1.54, 1.807) is 27.2 Å². The maximum Gasteiger partial charge on any atom is 0.262 e. The van der Waals surface area contributed by atoms with Gasteiger partial charge in [0.05, 0.1) is 59.6 Å². The number of nitriles is 1. The summed E-state index contributed by atoms with van der Waals surface area (Å²) in [6.07, 6.45) is 9.25. The van der Waals surface area contributed by atoms with Crippen LogP contribution in [-0.4, -0.2) is 119 Å². The minimum absolute atomic E-state index is 0. The Morgan fingerprint density at radius 1 is 0.453 bits per heavy atom. The van der Waals surface area contributed by atoms with E-state index >= 15 is 0 Å². The van der Waals surface area contributed by atoms with Crippen molar-refractivity contribution in [3.8, 4) is 155 Å². The normalized spacial score (nSPS) is 17.1. The van der Waals surface area contributed by atoms with Gasteiger partial charge >= 0.3 is 0 Å². The third-order valence-electron chi connectivity index (χ3n) is 28.0. The highest BCUT2D eigenvalue weighted by molar-refractivity contribution is 6.23. The molecule has 0 saturated carbocycles. The highest BCUT2D eigenvalue weighted by Crippen LogP contribution is 2.56. The number of allylic oxidation sites excluding steroid dienone is 1. The quantitative estimate of drug-likeness (QED) is 0.106. The van der Waals surface area contributed by atoms with Crippen LogP contribution >= 0.6 is 0 Å². The molecule has 137 heavy (non-hydrogen) atoms. The monoisotopic (exact) mass is 1860 g/mol. The average molecular weight is 1860 g/mol. The van der Waals surface area contributed by atoms with Crippen molar-refractivity contribution in [2.24, 2.45) is 0 Å². The van der Waals surface area contributed by atoms with E-state index in [2.05, 4.69) is 82.5 Å². The summed E-state index contributed by atoms with van der Waals surface area (Å²) in [5.74, 6) is 14.5. The lowest BCUT2D eigenvalue weighted by atomic mass is 9.84. The molecular weight excluding hydrogens is 1780 g/mol. The third kappa shape index (κ3) is 13.6. The zero-order valence-electron chi connectivity index (χ0n) is 74.9. The maximum atomic E-state index is 13.1. The molecule has 0 bridgehead atoms. The standard InChI is InChI=1S/C26H26NO5.C22H19NO5.C20H14N2O4.2C19H13NO5.ClH/c1-6-19(28)15(3)25-23-17(7-8-20(29-4)26(23)30-5)14(2)24-18-12-22-21(31-13-32-22)11-16(18)9-10-27(24)25;1-12(24)6-17-21-14(2-3-18-22(21)28-11-25-18)7-16-15-9-20-19(26-10-27-20)8-13(15)4-5-23(16)17;21-8-16-14-7-20-18(24-10-26-20)5-12(14)3-15-13-6-19-17(23-9-25-19)4-11(13)1-2-22(15)16;21-19-13-7-18-16(23-9-25-18)5-11(13)3-14-12-6-17-15(22-8-24-17)4-10(12)1-2-20(14)19;21-19-17-11(1-2-14-18(17)25-9-22-14)5-13-12-7-16-15(23-8-24-16)6-10(12)3-4-20(13)19;/h7-8,11-12H,3,6,9-10,13H2,1-2,4-5H3;2-3,7-9,17H,4-6,10-11H2,1H3;3-7,16H,1-2,9-10H2;3-7H,1-2,8-9H2;1-2,5-7H,3-4,8-9H2;1H/q+1;;;;;/p-1. The zero-order valence-corrected chi connectivity index (χ0v) is 75.7. The number of carbonyl (C=O) groups excluding carboxylic acids is 2. The van der Waals surface area contributed by atoms with Crippen molar-refractivity contribution < 1.29 is 121 Å². The van der Waals surface area contributed by atoms with Crippen LogP contribution in [0.3, 0.4) is 0 Å². The Kier molecular flexibility index (Phi) is 20.2. The Bertz CT molecular complexity index is 7700. The summed E-state index contributed by atoms with van der Waals surface area (Å²) >= 11 is 0. The van der Waals surface area contributed by atoms with Crippen molar-refractivity contribution in [2.75, 3.05) is 88.4 Å². The van der Waals surface area contributed by atoms with Gasteiger partial charge in [-0.2, -0.15) is 9.83 Å². The van der Waals surface area contributed by atoms with Gasteiger partial charge in [0.25, 0.3) is 11.1 Å². The van der Waals surface area contributed by atoms with Crippen molar-refractivity contribution in [1.82, 2.24) is 18.9 Å². The summed E-state index contributed by atoms with van der Waals surface area (Å²) in [6.45, 7) is 15.5. The van der Waals surface area contributed by atoms with Gasteiger partial charge in [0.15, 0.2) is 127 Å². The van der Waals surface area contributed by atoms with Crippen molar-refractivity contribution in [1.29, 1.82) is 5.26 Å². The number of ketones is 2. The van der Waals surface area contributed by atoms with Crippen molar-refractivity contribution >= 4 is 73.0 Å².